The molecular formula is C21H11BrClFN4. The zero-order chi connectivity index (χ0) is 19.7. The van der Waals surface area contributed by atoms with Crippen molar-refractivity contribution in [2.24, 2.45) is 0 Å². The number of halogens is 3. The molecule has 0 radical (unpaired) electrons. The average molecular weight is 454 g/mol. The Morgan fingerprint density at radius 2 is 1.79 bits per heavy atom. The van der Waals surface area contributed by atoms with Crippen LogP contribution in [0.3, 0.4) is 0 Å². The van der Waals surface area contributed by atoms with Crippen LogP contribution >= 0.6 is 27.5 Å². The fourth-order valence-electron chi connectivity index (χ4n) is 2.81. The summed E-state index contributed by atoms with van der Waals surface area (Å²) >= 11 is 9.57. The monoisotopic (exact) mass is 452 g/mol. The Bertz CT molecular complexity index is 1170. The van der Waals surface area contributed by atoms with Gasteiger partial charge >= 0.3 is 0 Å². The molecule has 0 atom stereocenters. The van der Waals surface area contributed by atoms with Gasteiger partial charge < -0.3 is 4.98 Å². The highest BCUT2D eigenvalue weighted by molar-refractivity contribution is 9.10. The van der Waals surface area contributed by atoms with Crippen LogP contribution < -0.4 is 0 Å². The molecule has 2 aromatic heterocycles. The van der Waals surface area contributed by atoms with Crippen LogP contribution in [0.5, 0.6) is 0 Å². The van der Waals surface area contributed by atoms with E-state index in [4.69, 9.17) is 16.9 Å². The molecule has 0 unspecified atom stereocenters. The molecule has 0 spiro atoms. The van der Waals surface area contributed by atoms with Gasteiger partial charge in [0.15, 0.2) is 0 Å². The summed E-state index contributed by atoms with van der Waals surface area (Å²) in [4.78, 5) is 12.0. The van der Waals surface area contributed by atoms with Gasteiger partial charge in [-0.25, -0.2) is 9.37 Å². The van der Waals surface area contributed by atoms with Crippen molar-refractivity contribution >= 4 is 27.5 Å². The quantitative estimate of drug-likeness (QED) is 0.400. The zero-order valence-electron chi connectivity index (χ0n) is 14.2. The SMILES string of the molecule is N#Cc1ccc(-c2ccc(-c3nc(-c4c(F)cccc4Cl)[nH]c3Br)cn2)cc1. The summed E-state index contributed by atoms with van der Waals surface area (Å²) in [7, 11) is 0. The van der Waals surface area contributed by atoms with Gasteiger partial charge in [0.25, 0.3) is 0 Å². The summed E-state index contributed by atoms with van der Waals surface area (Å²) < 4.78 is 14.8. The largest absolute Gasteiger partial charge is 0.332 e. The Morgan fingerprint density at radius 3 is 2.43 bits per heavy atom. The van der Waals surface area contributed by atoms with E-state index < -0.39 is 5.82 Å². The third-order valence-corrected chi connectivity index (χ3v) is 5.09. The Kier molecular flexibility index (Phi) is 4.95. The van der Waals surface area contributed by atoms with Gasteiger partial charge in [0.05, 0.1) is 27.9 Å². The third kappa shape index (κ3) is 3.42. The van der Waals surface area contributed by atoms with E-state index in [-0.39, 0.29) is 10.6 Å². The molecule has 0 aliphatic rings. The maximum atomic E-state index is 14.2. The lowest BCUT2D eigenvalue weighted by Gasteiger charge is -2.03. The molecule has 0 amide bonds. The van der Waals surface area contributed by atoms with Crippen molar-refractivity contribution < 1.29 is 4.39 Å². The molecule has 4 rings (SSSR count). The molecule has 28 heavy (non-hydrogen) atoms. The van der Waals surface area contributed by atoms with E-state index in [1.54, 1.807) is 30.5 Å². The number of rotatable bonds is 3. The Balaban J connectivity index is 1.68. The van der Waals surface area contributed by atoms with E-state index in [9.17, 15) is 4.39 Å². The zero-order valence-corrected chi connectivity index (χ0v) is 16.6. The minimum absolute atomic E-state index is 0.221. The van der Waals surface area contributed by atoms with Gasteiger partial charge in [-0.15, -0.1) is 0 Å². The van der Waals surface area contributed by atoms with Crippen molar-refractivity contribution in [2.75, 3.05) is 0 Å². The van der Waals surface area contributed by atoms with Gasteiger partial charge in [-0.3, -0.25) is 4.98 Å². The number of hydrogen-bond donors (Lipinski definition) is 1. The molecule has 0 saturated heterocycles. The van der Waals surface area contributed by atoms with Gasteiger partial charge in [0.1, 0.15) is 21.9 Å². The van der Waals surface area contributed by atoms with E-state index in [1.807, 2.05) is 24.3 Å². The first kappa shape index (κ1) is 18.4. The normalized spacial score (nSPS) is 10.6. The Labute approximate surface area is 173 Å². The highest BCUT2D eigenvalue weighted by Gasteiger charge is 2.17. The lowest BCUT2D eigenvalue weighted by atomic mass is 10.1. The number of pyridine rings is 1. The minimum Gasteiger partial charge on any atom is -0.332 e. The van der Waals surface area contributed by atoms with Gasteiger partial charge in [0.2, 0.25) is 0 Å². The number of H-pyrrole nitrogens is 1. The molecule has 1 N–H and O–H groups in total. The summed E-state index contributed by atoms with van der Waals surface area (Å²) in [5.41, 5.74) is 3.87. The molecule has 2 heterocycles. The second-order valence-corrected chi connectivity index (χ2v) is 7.17. The molecule has 0 bridgehead atoms. The van der Waals surface area contributed by atoms with E-state index >= 15 is 0 Å². The lowest BCUT2D eigenvalue weighted by Crippen LogP contribution is -1.88. The Morgan fingerprint density at radius 1 is 1.04 bits per heavy atom. The van der Waals surface area contributed by atoms with Crippen LogP contribution in [0.1, 0.15) is 5.56 Å². The summed E-state index contributed by atoms with van der Waals surface area (Å²) in [5, 5.41) is 9.17. The molecule has 4 nitrogen and oxygen atoms in total. The fraction of sp³-hybridized carbons (Fsp3) is 0. The van der Waals surface area contributed by atoms with E-state index in [2.05, 4.69) is 37.0 Å². The lowest BCUT2D eigenvalue weighted by molar-refractivity contribution is 0.630. The molecule has 0 fully saturated rings. The highest BCUT2D eigenvalue weighted by atomic mass is 79.9. The summed E-state index contributed by atoms with van der Waals surface area (Å²) in [6.07, 6.45) is 1.70. The van der Waals surface area contributed by atoms with Crippen molar-refractivity contribution in [2.45, 2.75) is 0 Å². The number of benzene rings is 2. The number of aromatic nitrogens is 3. The van der Waals surface area contributed by atoms with E-state index in [0.717, 1.165) is 16.8 Å². The number of nitrogens with one attached hydrogen (secondary N) is 1. The van der Waals surface area contributed by atoms with Gasteiger partial charge in [-0.1, -0.05) is 29.8 Å². The van der Waals surface area contributed by atoms with Gasteiger partial charge in [0, 0.05) is 17.3 Å². The third-order valence-electron chi connectivity index (χ3n) is 4.21. The first-order chi connectivity index (χ1) is 13.6. The molecular weight excluding hydrogens is 443 g/mol. The number of nitrogens with zero attached hydrogens (tertiary/aromatic N) is 3. The first-order valence-electron chi connectivity index (χ1n) is 8.23. The molecule has 2 aromatic carbocycles. The predicted octanol–water partition coefficient (Wildman–Crippen LogP) is 6.23. The van der Waals surface area contributed by atoms with Crippen LogP contribution in [0.15, 0.2) is 65.4 Å². The van der Waals surface area contributed by atoms with Gasteiger partial charge in [-0.05, 0) is 52.3 Å². The molecule has 0 aliphatic heterocycles. The summed E-state index contributed by atoms with van der Waals surface area (Å²) in [6, 6.07) is 17.5. The van der Waals surface area contributed by atoms with Gasteiger partial charge in [-0.2, -0.15) is 5.26 Å². The standard InChI is InChI=1S/C21H11BrClFN4/c22-20-19(27-21(28-20)18-15(23)2-1-3-16(18)24)14-8-9-17(26-11-14)13-6-4-12(10-25)5-7-13/h1-9,11H,(H,27,28). The average Bonchev–Trinajstić information content (AvgIpc) is 3.09. The van der Waals surface area contributed by atoms with Crippen molar-refractivity contribution in [3.05, 3.63) is 81.8 Å². The molecule has 0 aliphatic carbocycles. The Hall–Kier alpha value is -3.01. The fourth-order valence-corrected chi connectivity index (χ4v) is 3.56. The summed E-state index contributed by atoms with van der Waals surface area (Å²) in [5.74, 6) is -0.115. The molecule has 7 heteroatoms. The first-order valence-corrected chi connectivity index (χ1v) is 9.41. The predicted molar refractivity (Wildman–Crippen MR) is 110 cm³/mol. The number of aromatic amines is 1. The van der Waals surface area contributed by atoms with Crippen molar-refractivity contribution in [1.82, 2.24) is 15.0 Å². The number of nitriles is 1. The second kappa shape index (κ2) is 7.55. The second-order valence-electron chi connectivity index (χ2n) is 5.97. The maximum absolute atomic E-state index is 14.2. The minimum atomic E-state index is -0.449. The van der Waals surface area contributed by atoms with Crippen molar-refractivity contribution in [3.8, 4) is 40.0 Å². The molecule has 0 saturated carbocycles. The summed E-state index contributed by atoms with van der Waals surface area (Å²) in [6.45, 7) is 0. The number of imidazole rings is 1. The topological polar surface area (TPSA) is 65.4 Å². The van der Waals surface area contributed by atoms with Crippen molar-refractivity contribution in [3.63, 3.8) is 0 Å². The van der Waals surface area contributed by atoms with Crippen LogP contribution in [-0.4, -0.2) is 15.0 Å². The van der Waals surface area contributed by atoms with Crippen LogP contribution in [-0.2, 0) is 0 Å². The van der Waals surface area contributed by atoms with Crippen molar-refractivity contribution in [1.29, 1.82) is 5.26 Å². The molecule has 136 valence electrons. The van der Waals surface area contributed by atoms with Crippen LogP contribution in [0.4, 0.5) is 4.39 Å². The van der Waals surface area contributed by atoms with Crippen LogP contribution in [0, 0.1) is 17.1 Å². The highest BCUT2D eigenvalue weighted by Crippen LogP contribution is 2.34. The number of hydrogen-bond acceptors (Lipinski definition) is 3. The smallest absolute Gasteiger partial charge is 0.143 e. The van der Waals surface area contributed by atoms with Crippen LogP contribution in [0.25, 0.3) is 33.9 Å². The van der Waals surface area contributed by atoms with E-state index in [1.165, 1.54) is 6.07 Å². The van der Waals surface area contributed by atoms with Crippen LogP contribution in [0.2, 0.25) is 5.02 Å². The molecule has 4 aromatic rings. The van der Waals surface area contributed by atoms with E-state index in [0.29, 0.717) is 21.7 Å². The maximum Gasteiger partial charge on any atom is 0.143 e.